The van der Waals surface area contributed by atoms with Crippen molar-refractivity contribution in [1.29, 1.82) is 0 Å². The molecule has 1 fully saturated rings. The van der Waals surface area contributed by atoms with Crippen LogP contribution in [0.4, 0.5) is 0 Å². The summed E-state index contributed by atoms with van der Waals surface area (Å²) in [5.74, 6) is 1.96. The molecule has 1 aliphatic heterocycles. The summed E-state index contributed by atoms with van der Waals surface area (Å²) in [5, 5.41) is 5.41. The average Bonchev–Trinajstić information content (AvgIpc) is 2.64. The molecule has 0 spiro atoms. The molecule has 0 aliphatic carbocycles. The van der Waals surface area contributed by atoms with Crippen molar-refractivity contribution in [1.82, 2.24) is 5.32 Å². The lowest BCUT2D eigenvalue weighted by Gasteiger charge is -2.12. The summed E-state index contributed by atoms with van der Waals surface area (Å²) >= 11 is 3.80. The molecule has 1 heterocycles. The van der Waals surface area contributed by atoms with Gasteiger partial charge in [0.15, 0.2) is 5.17 Å². The topological polar surface area (TPSA) is 24.4 Å². The summed E-state index contributed by atoms with van der Waals surface area (Å²) in [6.45, 7) is 7.79. The van der Waals surface area contributed by atoms with Crippen molar-refractivity contribution < 1.29 is 0 Å². The Balaban J connectivity index is 2.21. The summed E-state index contributed by atoms with van der Waals surface area (Å²) in [5.41, 5.74) is 0. The van der Waals surface area contributed by atoms with Crippen molar-refractivity contribution in [2.45, 2.75) is 44.9 Å². The zero-order chi connectivity index (χ0) is 12.0. The van der Waals surface area contributed by atoms with Crippen molar-refractivity contribution >= 4 is 28.7 Å². The summed E-state index contributed by atoms with van der Waals surface area (Å²) < 4.78 is 0. The van der Waals surface area contributed by atoms with E-state index in [4.69, 9.17) is 0 Å². The van der Waals surface area contributed by atoms with Crippen LogP contribution < -0.4 is 5.32 Å². The highest BCUT2D eigenvalue weighted by molar-refractivity contribution is 8.14. The maximum Gasteiger partial charge on any atom is 0.156 e. The molecule has 1 N–H and O–H groups in total. The van der Waals surface area contributed by atoms with E-state index in [1.165, 1.54) is 23.8 Å². The van der Waals surface area contributed by atoms with Gasteiger partial charge >= 0.3 is 0 Å². The molecule has 0 radical (unpaired) electrons. The smallest absolute Gasteiger partial charge is 0.156 e. The van der Waals surface area contributed by atoms with Gasteiger partial charge in [0.2, 0.25) is 0 Å². The molecule has 4 heteroatoms. The largest absolute Gasteiger partial charge is 0.361 e. The Bertz CT molecular complexity index is 229. The number of nitrogens with one attached hydrogen (secondary N) is 1. The molecule has 0 saturated carbocycles. The zero-order valence-corrected chi connectivity index (χ0v) is 12.5. The molecule has 1 aliphatic rings. The molecule has 94 valence electrons. The first-order chi connectivity index (χ1) is 7.61. The van der Waals surface area contributed by atoms with Gasteiger partial charge < -0.3 is 5.32 Å². The van der Waals surface area contributed by atoms with E-state index in [1.807, 2.05) is 23.5 Å². The summed E-state index contributed by atoms with van der Waals surface area (Å²) in [6, 6.07) is 0.640. The molecule has 0 aromatic rings. The zero-order valence-electron chi connectivity index (χ0n) is 10.8. The Hall–Kier alpha value is 0.170. The van der Waals surface area contributed by atoms with Crippen LogP contribution in [0.25, 0.3) is 0 Å². The van der Waals surface area contributed by atoms with Gasteiger partial charge in [0.25, 0.3) is 0 Å². The third-order valence-electron chi connectivity index (χ3n) is 2.70. The van der Waals surface area contributed by atoms with Crippen molar-refractivity contribution in [3.05, 3.63) is 0 Å². The standard InChI is InChI=1S/C12H24N2S2/c1-9(2)7-11-8-16-12(14-11)13-6-5-10(3)15-4/h9-11H,5-8H2,1-4H3,(H,13,14). The highest BCUT2D eigenvalue weighted by Gasteiger charge is 2.20. The third kappa shape index (κ3) is 5.48. The van der Waals surface area contributed by atoms with E-state index in [9.17, 15) is 0 Å². The van der Waals surface area contributed by atoms with E-state index in [2.05, 4.69) is 37.3 Å². The van der Waals surface area contributed by atoms with E-state index in [0.29, 0.717) is 6.04 Å². The maximum absolute atomic E-state index is 4.62. The van der Waals surface area contributed by atoms with Gasteiger partial charge in [0, 0.05) is 23.6 Å². The average molecular weight is 260 g/mol. The number of aliphatic imine (C=N–C) groups is 1. The van der Waals surface area contributed by atoms with Crippen LogP contribution in [0.15, 0.2) is 4.99 Å². The Morgan fingerprint density at radius 1 is 1.50 bits per heavy atom. The van der Waals surface area contributed by atoms with Gasteiger partial charge in [0.1, 0.15) is 0 Å². The third-order valence-corrected chi connectivity index (χ3v) is 4.83. The van der Waals surface area contributed by atoms with Crippen molar-refractivity contribution in [2.75, 3.05) is 18.6 Å². The first-order valence-corrected chi connectivity index (χ1v) is 8.35. The van der Waals surface area contributed by atoms with E-state index in [-0.39, 0.29) is 0 Å². The number of nitrogens with zero attached hydrogens (tertiary/aromatic N) is 1. The molecule has 16 heavy (non-hydrogen) atoms. The summed E-state index contributed by atoms with van der Waals surface area (Å²) in [7, 11) is 0. The lowest BCUT2D eigenvalue weighted by atomic mass is 10.1. The van der Waals surface area contributed by atoms with E-state index in [1.54, 1.807) is 0 Å². The number of hydrogen-bond acceptors (Lipinski definition) is 3. The Kier molecular flexibility index (Phi) is 6.66. The van der Waals surface area contributed by atoms with Crippen LogP contribution in [-0.4, -0.2) is 35.0 Å². The SMILES string of the molecule is CSC(C)CCN=C1NC(CC(C)C)CS1. The Morgan fingerprint density at radius 2 is 2.25 bits per heavy atom. The predicted octanol–water partition coefficient (Wildman–Crippen LogP) is 3.24. The molecule has 0 aromatic heterocycles. The molecule has 1 rings (SSSR count). The minimum absolute atomic E-state index is 0.640. The molecule has 2 unspecified atom stereocenters. The maximum atomic E-state index is 4.62. The summed E-state index contributed by atoms with van der Waals surface area (Å²) in [6.07, 6.45) is 4.61. The highest BCUT2D eigenvalue weighted by Crippen LogP contribution is 2.19. The second kappa shape index (κ2) is 7.49. The number of thioether (sulfide) groups is 2. The van der Waals surface area contributed by atoms with Crippen LogP contribution in [0.3, 0.4) is 0 Å². The summed E-state index contributed by atoms with van der Waals surface area (Å²) in [4.78, 5) is 4.62. The van der Waals surface area contributed by atoms with Gasteiger partial charge in [0.05, 0.1) is 0 Å². The number of rotatable bonds is 6. The quantitative estimate of drug-likeness (QED) is 0.793. The number of amidine groups is 1. The van der Waals surface area contributed by atoms with E-state index < -0.39 is 0 Å². The first kappa shape index (κ1) is 14.2. The fraction of sp³-hybridized carbons (Fsp3) is 0.917. The van der Waals surface area contributed by atoms with Gasteiger partial charge in [-0.05, 0) is 25.0 Å². The number of hydrogen-bond donors (Lipinski definition) is 1. The van der Waals surface area contributed by atoms with Crippen LogP contribution in [0.5, 0.6) is 0 Å². The van der Waals surface area contributed by atoms with Gasteiger partial charge in [-0.2, -0.15) is 11.8 Å². The van der Waals surface area contributed by atoms with E-state index in [0.717, 1.165) is 17.7 Å². The lowest BCUT2D eigenvalue weighted by Crippen LogP contribution is -2.28. The van der Waals surface area contributed by atoms with Crippen molar-refractivity contribution in [3.8, 4) is 0 Å². The van der Waals surface area contributed by atoms with E-state index >= 15 is 0 Å². The van der Waals surface area contributed by atoms with Crippen LogP contribution in [0, 0.1) is 5.92 Å². The first-order valence-electron chi connectivity index (χ1n) is 6.08. The van der Waals surface area contributed by atoms with Crippen LogP contribution in [0.1, 0.15) is 33.6 Å². The Labute approximate surface area is 108 Å². The van der Waals surface area contributed by atoms with Crippen molar-refractivity contribution in [2.24, 2.45) is 10.9 Å². The van der Waals surface area contributed by atoms with Gasteiger partial charge in [-0.25, -0.2) is 0 Å². The fourth-order valence-corrected chi connectivity index (χ4v) is 3.04. The fourth-order valence-electron chi connectivity index (χ4n) is 1.69. The normalized spacial score (nSPS) is 25.1. The van der Waals surface area contributed by atoms with Crippen LogP contribution in [-0.2, 0) is 0 Å². The molecule has 2 atom stereocenters. The molecular formula is C12H24N2S2. The monoisotopic (exact) mass is 260 g/mol. The lowest BCUT2D eigenvalue weighted by molar-refractivity contribution is 0.502. The van der Waals surface area contributed by atoms with Crippen LogP contribution in [0.2, 0.25) is 0 Å². The highest BCUT2D eigenvalue weighted by atomic mass is 32.2. The molecule has 0 bridgehead atoms. The predicted molar refractivity (Wildman–Crippen MR) is 78.7 cm³/mol. The molecule has 1 saturated heterocycles. The molecule has 2 nitrogen and oxygen atoms in total. The Morgan fingerprint density at radius 3 is 2.88 bits per heavy atom. The van der Waals surface area contributed by atoms with Gasteiger partial charge in [-0.1, -0.05) is 32.5 Å². The van der Waals surface area contributed by atoms with Gasteiger partial charge in [-0.15, -0.1) is 0 Å². The molecule has 0 aromatic carbocycles. The van der Waals surface area contributed by atoms with Gasteiger partial charge in [-0.3, -0.25) is 4.99 Å². The minimum Gasteiger partial charge on any atom is -0.361 e. The van der Waals surface area contributed by atoms with Crippen molar-refractivity contribution in [3.63, 3.8) is 0 Å². The second-order valence-electron chi connectivity index (χ2n) is 4.80. The minimum atomic E-state index is 0.640. The van der Waals surface area contributed by atoms with Crippen LogP contribution >= 0.6 is 23.5 Å². The molecule has 0 amide bonds. The second-order valence-corrected chi connectivity index (χ2v) is 7.09. The molecular weight excluding hydrogens is 236 g/mol.